The number of likely N-dealkylation sites (N-methyl/N-ethyl adjacent to an activating group) is 1. The normalized spacial score (nSPS) is 13.8. The maximum atomic E-state index is 13.5. The van der Waals surface area contributed by atoms with Gasteiger partial charge in [-0.05, 0) is 31.8 Å². The largest absolute Gasteiger partial charge is 0.756 e. The molecule has 0 aromatic heterocycles. The molecule has 0 rings (SSSR count). The van der Waals surface area contributed by atoms with Crippen LogP contribution in [-0.2, 0) is 27.9 Å². The van der Waals surface area contributed by atoms with Crippen LogP contribution in [0.1, 0.15) is 297 Å². The zero-order valence-corrected chi connectivity index (χ0v) is 47.0. The highest BCUT2D eigenvalue weighted by molar-refractivity contribution is 7.45. The van der Waals surface area contributed by atoms with E-state index in [0.717, 1.165) is 57.8 Å². The molecule has 0 aliphatic rings. The van der Waals surface area contributed by atoms with E-state index in [0.29, 0.717) is 17.4 Å². The van der Waals surface area contributed by atoms with Crippen molar-refractivity contribution in [1.82, 2.24) is 5.32 Å². The fourth-order valence-electron chi connectivity index (χ4n) is 8.88. The summed E-state index contributed by atoms with van der Waals surface area (Å²) in [6.45, 7) is 6.87. The molecule has 404 valence electrons. The molecule has 68 heavy (non-hydrogen) atoms. The molecular formula is C58H115N2O7P. The minimum atomic E-state index is -4.68. The van der Waals surface area contributed by atoms with Crippen molar-refractivity contribution in [2.75, 3.05) is 40.9 Å². The third kappa shape index (κ3) is 49.7. The number of nitrogens with zero attached hydrogens (tertiary/aromatic N) is 1. The summed E-state index contributed by atoms with van der Waals surface area (Å²) in [7, 11) is 1.20. The van der Waals surface area contributed by atoms with Gasteiger partial charge in [-0.15, -0.1) is 0 Å². The van der Waals surface area contributed by atoms with Crippen molar-refractivity contribution in [1.29, 1.82) is 0 Å². The molecule has 3 unspecified atom stereocenters. The number of carbonyl (C=O) groups is 2. The van der Waals surface area contributed by atoms with Crippen LogP contribution in [0.3, 0.4) is 0 Å². The second kappa shape index (κ2) is 49.3. The quantitative estimate of drug-likeness (QED) is 0.0212. The van der Waals surface area contributed by atoms with Gasteiger partial charge in [0.2, 0.25) is 5.91 Å². The number of amides is 1. The molecule has 0 aliphatic carbocycles. The average molecular weight is 984 g/mol. The van der Waals surface area contributed by atoms with Crippen molar-refractivity contribution in [3.8, 4) is 0 Å². The maximum absolute atomic E-state index is 13.5. The van der Waals surface area contributed by atoms with Crippen LogP contribution in [0.25, 0.3) is 0 Å². The summed E-state index contributed by atoms with van der Waals surface area (Å²) in [6.07, 6.45) is 54.6. The van der Waals surface area contributed by atoms with Gasteiger partial charge >= 0.3 is 5.97 Å². The Kier molecular flexibility index (Phi) is 48.4. The van der Waals surface area contributed by atoms with Crippen molar-refractivity contribution in [3.05, 3.63) is 12.2 Å². The molecule has 3 atom stereocenters. The van der Waals surface area contributed by atoms with E-state index in [1.807, 2.05) is 33.3 Å². The number of unbranched alkanes of at least 4 members (excludes halogenated alkanes) is 38. The van der Waals surface area contributed by atoms with E-state index in [4.69, 9.17) is 13.8 Å². The Morgan fingerprint density at radius 3 is 1.21 bits per heavy atom. The molecule has 0 aliphatic heterocycles. The minimum Gasteiger partial charge on any atom is -0.756 e. The Bertz CT molecular complexity index is 1180. The van der Waals surface area contributed by atoms with Gasteiger partial charge in [0.05, 0.1) is 33.8 Å². The van der Waals surface area contributed by atoms with Gasteiger partial charge < -0.3 is 28.5 Å². The van der Waals surface area contributed by atoms with E-state index in [1.54, 1.807) is 0 Å². The summed E-state index contributed by atoms with van der Waals surface area (Å²) >= 11 is 0. The Morgan fingerprint density at radius 2 is 0.838 bits per heavy atom. The topological polar surface area (TPSA) is 114 Å². The number of rotatable bonds is 54. The SMILES string of the molecule is CCCCCCCCCCCC/C=C/C(OC(=O)CCCCCCCCCCCCC)C(COP(=O)([O-])OCC[N+](C)(C)C)NC(=O)CCCCCCCCCCCCCCCCCCCCC. The van der Waals surface area contributed by atoms with Gasteiger partial charge in [0.15, 0.2) is 0 Å². The summed E-state index contributed by atoms with van der Waals surface area (Å²) in [4.78, 5) is 39.8. The first-order chi connectivity index (χ1) is 32.9. The Labute approximate surface area is 422 Å². The summed E-state index contributed by atoms with van der Waals surface area (Å²) in [5.74, 6) is -0.524. The fraction of sp³-hybridized carbons (Fsp3) is 0.931. The maximum Gasteiger partial charge on any atom is 0.306 e. The molecule has 0 heterocycles. The number of carbonyl (C=O) groups excluding carboxylic acids is 2. The third-order valence-electron chi connectivity index (χ3n) is 13.5. The lowest BCUT2D eigenvalue weighted by atomic mass is 10.0. The van der Waals surface area contributed by atoms with Crippen molar-refractivity contribution in [2.45, 2.75) is 309 Å². The summed E-state index contributed by atoms with van der Waals surface area (Å²) < 4.78 is 30.2. The number of esters is 1. The van der Waals surface area contributed by atoms with Gasteiger partial charge in [0.1, 0.15) is 19.3 Å². The molecule has 0 aromatic carbocycles. The first kappa shape index (κ1) is 66.8. The number of hydrogen-bond acceptors (Lipinski definition) is 7. The van der Waals surface area contributed by atoms with Crippen LogP contribution in [0.15, 0.2) is 12.2 Å². The summed E-state index contributed by atoms with van der Waals surface area (Å²) in [6, 6.07) is -0.877. The summed E-state index contributed by atoms with van der Waals surface area (Å²) in [5.41, 5.74) is 0. The lowest BCUT2D eigenvalue weighted by Crippen LogP contribution is -2.47. The number of allylic oxidation sites excluding steroid dienone is 1. The molecule has 9 nitrogen and oxygen atoms in total. The van der Waals surface area contributed by atoms with Crippen LogP contribution in [0.4, 0.5) is 0 Å². The first-order valence-electron chi connectivity index (χ1n) is 29.5. The second-order valence-electron chi connectivity index (χ2n) is 21.5. The number of nitrogens with one attached hydrogen (secondary N) is 1. The molecule has 0 saturated heterocycles. The number of hydrogen-bond donors (Lipinski definition) is 1. The molecule has 0 fully saturated rings. The first-order valence-corrected chi connectivity index (χ1v) is 31.0. The Hall–Kier alpha value is -1.25. The average Bonchev–Trinajstić information content (AvgIpc) is 3.29. The van der Waals surface area contributed by atoms with Crippen molar-refractivity contribution in [2.24, 2.45) is 0 Å². The van der Waals surface area contributed by atoms with E-state index >= 15 is 0 Å². The fourth-order valence-corrected chi connectivity index (χ4v) is 9.60. The van der Waals surface area contributed by atoms with Crippen LogP contribution < -0.4 is 10.2 Å². The Balaban J connectivity index is 5.21. The number of phosphoric ester groups is 1. The van der Waals surface area contributed by atoms with E-state index in [9.17, 15) is 19.0 Å². The molecule has 10 heteroatoms. The smallest absolute Gasteiger partial charge is 0.306 e. The Morgan fingerprint density at radius 1 is 0.500 bits per heavy atom. The van der Waals surface area contributed by atoms with E-state index in [-0.39, 0.29) is 31.5 Å². The van der Waals surface area contributed by atoms with Crippen LogP contribution >= 0.6 is 7.82 Å². The van der Waals surface area contributed by atoms with Gasteiger partial charge in [-0.1, -0.05) is 264 Å². The molecule has 0 spiro atoms. The molecule has 0 bridgehead atoms. The summed E-state index contributed by atoms with van der Waals surface area (Å²) in [5, 5.41) is 3.03. The van der Waals surface area contributed by atoms with E-state index in [2.05, 4.69) is 26.1 Å². The van der Waals surface area contributed by atoms with Crippen molar-refractivity contribution < 1.29 is 37.3 Å². The van der Waals surface area contributed by atoms with Crippen molar-refractivity contribution in [3.63, 3.8) is 0 Å². The monoisotopic (exact) mass is 983 g/mol. The minimum absolute atomic E-state index is 0.0170. The van der Waals surface area contributed by atoms with Gasteiger partial charge in [-0.25, -0.2) is 0 Å². The van der Waals surface area contributed by atoms with Gasteiger partial charge in [0.25, 0.3) is 7.82 Å². The standard InChI is InChI=1S/C58H115N2O7P/c1-7-10-13-16-19-22-25-27-28-29-30-31-32-33-36-38-41-44-47-50-57(61)59-55(54-66-68(63,64)65-53-52-60(4,5)6)56(49-46-43-40-37-35-26-23-20-17-14-11-8-2)67-58(62)51-48-45-42-39-34-24-21-18-15-12-9-3/h46,49,55-56H,7-45,47-48,50-54H2,1-6H3,(H-,59,61,63,64)/b49-46+. The second-order valence-corrected chi connectivity index (χ2v) is 22.9. The highest BCUT2D eigenvalue weighted by Crippen LogP contribution is 2.38. The molecule has 1 N–H and O–H groups in total. The molecule has 0 radical (unpaired) electrons. The van der Waals surface area contributed by atoms with E-state index in [1.165, 1.54) is 205 Å². The van der Waals surface area contributed by atoms with Crippen molar-refractivity contribution >= 4 is 19.7 Å². The van der Waals surface area contributed by atoms with Gasteiger partial charge in [0, 0.05) is 12.8 Å². The number of quaternary nitrogens is 1. The molecule has 1 amide bonds. The zero-order chi connectivity index (χ0) is 50.1. The van der Waals surface area contributed by atoms with E-state index < -0.39 is 20.0 Å². The highest BCUT2D eigenvalue weighted by Gasteiger charge is 2.27. The van der Waals surface area contributed by atoms with Gasteiger partial charge in [-0.3, -0.25) is 14.2 Å². The lowest BCUT2D eigenvalue weighted by molar-refractivity contribution is -0.870. The van der Waals surface area contributed by atoms with Crippen LogP contribution in [0.2, 0.25) is 0 Å². The predicted octanol–water partition coefficient (Wildman–Crippen LogP) is 17.0. The molecule has 0 aromatic rings. The lowest BCUT2D eigenvalue weighted by Gasteiger charge is -2.30. The third-order valence-corrected chi connectivity index (χ3v) is 14.4. The number of phosphoric acid groups is 1. The number of ether oxygens (including phenoxy) is 1. The van der Waals surface area contributed by atoms with Gasteiger partial charge in [-0.2, -0.15) is 0 Å². The van der Waals surface area contributed by atoms with Crippen LogP contribution in [0, 0.1) is 0 Å². The zero-order valence-electron chi connectivity index (χ0n) is 46.1. The van der Waals surface area contributed by atoms with Crippen LogP contribution in [0.5, 0.6) is 0 Å². The molecule has 0 saturated carbocycles. The predicted molar refractivity (Wildman–Crippen MR) is 289 cm³/mol. The highest BCUT2D eigenvalue weighted by atomic mass is 31.2. The van der Waals surface area contributed by atoms with Crippen LogP contribution in [-0.4, -0.2) is 69.4 Å². The molecular weight excluding hydrogens is 868 g/mol.